The van der Waals surface area contributed by atoms with E-state index in [-0.39, 0.29) is 5.91 Å². The molecule has 3 aromatic rings. The van der Waals surface area contributed by atoms with Crippen LogP contribution in [0.4, 0.5) is 5.69 Å². The van der Waals surface area contributed by atoms with Crippen LogP contribution in [0.15, 0.2) is 65.3 Å². The third-order valence-electron chi connectivity index (χ3n) is 5.30. The molecule has 4 rings (SSSR count). The fraction of sp³-hybridized carbons (Fsp3) is 0.304. The molecule has 0 saturated carbocycles. The van der Waals surface area contributed by atoms with Crippen LogP contribution < -0.4 is 10.2 Å². The number of amides is 1. The third kappa shape index (κ3) is 4.84. The fourth-order valence-corrected chi connectivity index (χ4v) is 3.64. The molecule has 6 heteroatoms. The Morgan fingerprint density at radius 2 is 1.79 bits per heavy atom. The van der Waals surface area contributed by atoms with Gasteiger partial charge in [-0.2, -0.15) is 0 Å². The van der Waals surface area contributed by atoms with Crippen molar-refractivity contribution in [3.05, 3.63) is 83.6 Å². The Morgan fingerprint density at radius 1 is 1.03 bits per heavy atom. The van der Waals surface area contributed by atoms with Gasteiger partial charge in [-0.25, -0.2) is 0 Å². The number of para-hydroxylation sites is 1. The number of hydrogen-bond acceptors (Lipinski definition) is 5. The van der Waals surface area contributed by atoms with Gasteiger partial charge in [-0.3, -0.25) is 14.7 Å². The molecule has 0 atom stereocenters. The molecule has 2 aromatic heterocycles. The van der Waals surface area contributed by atoms with E-state index >= 15 is 0 Å². The quantitative estimate of drug-likeness (QED) is 0.700. The lowest BCUT2D eigenvalue weighted by atomic mass is 10.1. The van der Waals surface area contributed by atoms with Crippen LogP contribution in [0.2, 0.25) is 0 Å². The second-order valence-corrected chi connectivity index (χ2v) is 7.35. The van der Waals surface area contributed by atoms with Crippen molar-refractivity contribution in [2.24, 2.45) is 0 Å². The molecule has 29 heavy (non-hydrogen) atoms. The molecule has 1 aromatic carbocycles. The zero-order valence-electron chi connectivity index (χ0n) is 16.7. The van der Waals surface area contributed by atoms with Crippen molar-refractivity contribution in [2.75, 3.05) is 31.1 Å². The van der Waals surface area contributed by atoms with Gasteiger partial charge in [-0.15, -0.1) is 0 Å². The first-order valence-electron chi connectivity index (χ1n) is 9.98. The summed E-state index contributed by atoms with van der Waals surface area (Å²) in [5.41, 5.74) is 3.64. The van der Waals surface area contributed by atoms with Gasteiger partial charge in [0.05, 0.1) is 6.54 Å². The first-order valence-corrected chi connectivity index (χ1v) is 9.98. The Kier molecular flexibility index (Phi) is 5.91. The zero-order valence-corrected chi connectivity index (χ0v) is 16.7. The number of anilines is 1. The Bertz CT molecular complexity index is 946. The van der Waals surface area contributed by atoms with Crippen LogP contribution in [0, 0.1) is 6.92 Å². The molecule has 0 unspecified atom stereocenters. The average Bonchev–Trinajstić information content (AvgIpc) is 3.22. The minimum atomic E-state index is -0.197. The molecule has 1 saturated heterocycles. The monoisotopic (exact) mass is 390 g/mol. The standard InChI is InChI=1S/C23H26N4O2/c1-18-4-2-3-5-21(18)27-14-12-26(13-15-27)17-20-6-7-22(29-20)23(28)25-16-19-8-10-24-11-9-19/h2-11H,12-17H2,1H3,(H,25,28). The predicted molar refractivity (Wildman–Crippen MR) is 113 cm³/mol. The number of pyridine rings is 1. The topological polar surface area (TPSA) is 61.6 Å². The van der Waals surface area contributed by atoms with Crippen molar-refractivity contribution >= 4 is 11.6 Å². The number of carbonyl (C=O) groups excluding carboxylic acids is 1. The number of furan rings is 1. The van der Waals surface area contributed by atoms with Crippen LogP contribution in [0.3, 0.4) is 0 Å². The van der Waals surface area contributed by atoms with Crippen molar-refractivity contribution in [1.82, 2.24) is 15.2 Å². The summed E-state index contributed by atoms with van der Waals surface area (Å²) in [6, 6.07) is 15.9. The zero-order chi connectivity index (χ0) is 20.1. The van der Waals surface area contributed by atoms with E-state index in [0.717, 1.165) is 44.0 Å². The molecule has 1 fully saturated rings. The van der Waals surface area contributed by atoms with E-state index in [1.807, 2.05) is 18.2 Å². The van der Waals surface area contributed by atoms with E-state index in [9.17, 15) is 4.79 Å². The molecule has 6 nitrogen and oxygen atoms in total. The van der Waals surface area contributed by atoms with Gasteiger partial charge < -0.3 is 14.6 Å². The van der Waals surface area contributed by atoms with Gasteiger partial charge in [0.1, 0.15) is 5.76 Å². The van der Waals surface area contributed by atoms with E-state index in [1.54, 1.807) is 18.5 Å². The van der Waals surface area contributed by atoms with Gasteiger partial charge in [0, 0.05) is 50.8 Å². The van der Waals surface area contributed by atoms with Gasteiger partial charge in [-0.05, 0) is 48.4 Å². The molecule has 1 aliphatic heterocycles. The highest BCUT2D eigenvalue weighted by molar-refractivity contribution is 5.91. The number of aromatic nitrogens is 1. The van der Waals surface area contributed by atoms with Crippen molar-refractivity contribution in [3.8, 4) is 0 Å². The smallest absolute Gasteiger partial charge is 0.287 e. The van der Waals surface area contributed by atoms with Gasteiger partial charge in [-0.1, -0.05) is 18.2 Å². The van der Waals surface area contributed by atoms with E-state index in [2.05, 4.69) is 51.3 Å². The first kappa shape index (κ1) is 19.2. The van der Waals surface area contributed by atoms with Crippen molar-refractivity contribution in [3.63, 3.8) is 0 Å². The SMILES string of the molecule is Cc1ccccc1N1CCN(Cc2ccc(C(=O)NCc3ccncc3)o2)CC1. The van der Waals surface area contributed by atoms with Crippen LogP contribution in [0.25, 0.3) is 0 Å². The lowest BCUT2D eigenvalue weighted by Gasteiger charge is -2.36. The number of rotatable bonds is 6. The molecule has 0 radical (unpaired) electrons. The second-order valence-electron chi connectivity index (χ2n) is 7.35. The van der Waals surface area contributed by atoms with E-state index in [0.29, 0.717) is 12.3 Å². The van der Waals surface area contributed by atoms with Gasteiger partial charge in [0.25, 0.3) is 5.91 Å². The number of hydrogen-bond donors (Lipinski definition) is 1. The molecule has 150 valence electrons. The van der Waals surface area contributed by atoms with Crippen molar-refractivity contribution < 1.29 is 9.21 Å². The van der Waals surface area contributed by atoms with Crippen molar-refractivity contribution in [1.29, 1.82) is 0 Å². The van der Waals surface area contributed by atoms with Crippen LogP contribution in [-0.4, -0.2) is 42.0 Å². The Labute approximate surface area is 171 Å². The Morgan fingerprint density at radius 3 is 2.55 bits per heavy atom. The number of nitrogens with zero attached hydrogens (tertiary/aromatic N) is 3. The molecule has 0 aliphatic carbocycles. The summed E-state index contributed by atoms with van der Waals surface area (Å²) in [4.78, 5) is 21.1. The summed E-state index contributed by atoms with van der Waals surface area (Å²) >= 11 is 0. The average molecular weight is 390 g/mol. The molecule has 1 amide bonds. The van der Waals surface area contributed by atoms with E-state index < -0.39 is 0 Å². The van der Waals surface area contributed by atoms with Gasteiger partial charge in [0.15, 0.2) is 5.76 Å². The van der Waals surface area contributed by atoms with Gasteiger partial charge in [0.2, 0.25) is 0 Å². The largest absolute Gasteiger partial charge is 0.455 e. The lowest BCUT2D eigenvalue weighted by molar-refractivity contribution is 0.0919. The normalized spacial score (nSPS) is 14.7. The summed E-state index contributed by atoms with van der Waals surface area (Å²) in [5, 5.41) is 2.88. The maximum absolute atomic E-state index is 12.3. The molecular formula is C23H26N4O2. The fourth-order valence-electron chi connectivity index (χ4n) is 3.64. The first-order chi connectivity index (χ1) is 14.2. The summed E-state index contributed by atoms with van der Waals surface area (Å²) in [6.07, 6.45) is 3.43. The maximum Gasteiger partial charge on any atom is 0.287 e. The minimum absolute atomic E-state index is 0.197. The molecule has 0 bridgehead atoms. The number of nitrogens with one attached hydrogen (secondary N) is 1. The summed E-state index contributed by atoms with van der Waals surface area (Å²) in [7, 11) is 0. The Balaban J connectivity index is 1.27. The van der Waals surface area contributed by atoms with Crippen LogP contribution >= 0.6 is 0 Å². The molecule has 1 N–H and O–H groups in total. The third-order valence-corrected chi connectivity index (χ3v) is 5.30. The summed E-state index contributed by atoms with van der Waals surface area (Å²) in [6.45, 7) is 7.26. The van der Waals surface area contributed by atoms with Crippen LogP contribution in [-0.2, 0) is 13.1 Å². The highest BCUT2D eigenvalue weighted by Gasteiger charge is 2.20. The summed E-state index contributed by atoms with van der Waals surface area (Å²) in [5.74, 6) is 0.980. The van der Waals surface area contributed by atoms with E-state index in [1.165, 1.54) is 11.3 Å². The van der Waals surface area contributed by atoms with E-state index in [4.69, 9.17) is 4.42 Å². The molecule has 3 heterocycles. The summed E-state index contributed by atoms with van der Waals surface area (Å²) < 4.78 is 5.79. The predicted octanol–water partition coefficient (Wildman–Crippen LogP) is 3.24. The minimum Gasteiger partial charge on any atom is -0.455 e. The van der Waals surface area contributed by atoms with Gasteiger partial charge >= 0.3 is 0 Å². The molecule has 0 spiro atoms. The molecular weight excluding hydrogens is 364 g/mol. The number of aryl methyl sites for hydroxylation is 1. The number of piperazine rings is 1. The highest BCUT2D eigenvalue weighted by atomic mass is 16.4. The molecule has 1 aliphatic rings. The maximum atomic E-state index is 12.3. The van der Waals surface area contributed by atoms with Crippen LogP contribution in [0.5, 0.6) is 0 Å². The number of carbonyl (C=O) groups is 1. The van der Waals surface area contributed by atoms with Crippen LogP contribution in [0.1, 0.15) is 27.4 Å². The highest BCUT2D eigenvalue weighted by Crippen LogP contribution is 2.21. The Hall–Kier alpha value is -3.12. The van der Waals surface area contributed by atoms with Crippen molar-refractivity contribution in [2.45, 2.75) is 20.0 Å². The second kappa shape index (κ2) is 8.92. The number of benzene rings is 1. The lowest BCUT2D eigenvalue weighted by Crippen LogP contribution is -2.46.